The lowest BCUT2D eigenvalue weighted by Gasteiger charge is -2.22. The molecule has 2 unspecified atom stereocenters. The molecule has 21 heavy (non-hydrogen) atoms. The van der Waals surface area contributed by atoms with Crippen LogP contribution in [0, 0.1) is 12.8 Å². The van der Waals surface area contributed by atoms with Crippen LogP contribution < -0.4 is 11.1 Å². The molecule has 1 aromatic carbocycles. The Hall–Kier alpha value is -1.81. The largest absolute Gasteiger partial charge is 0.399 e. The van der Waals surface area contributed by atoms with Gasteiger partial charge in [-0.1, -0.05) is 0 Å². The molecule has 2 atom stereocenters. The normalized spacial score (nSPS) is 25.4. The third-order valence-corrected chi connectivity index (χ3v) is 4.52. The summed E-state index contributed by atoms with van der Waals surface area (Å²) in [6.07, 6.45) is 4.07. The molecule has 0 bridgehead atoms. The van der Waals surface area contributed by atoms with E-state index in [9.17, 15) is 0 Å². The molecule has 4 rings (SSSR count). The van der Waals surface area contributed by atoms with Crippen molar-refractivity contribution in [1.82, 2.24) is 4.98 Å². The van der Waals surface area contributed by atoms with Crippen molar-refractivity contribution < 1.29 is 4.74 Å². The van der Waals surface area contributed by atoms with E-state index in [0.29, 0.717) is 12.1 Å². The molecule has 1 aliphatic carbocycles. The van der Waals surface area contributed by atoms with Crippen molar-refractivity contribution in [2.24, 2.45) is 5.92 Å². The number of aryl methyl sites for hydroxylation is 1. The zero-order valence-corrected chi connectivity index (χ0v) is 12.3. The summed E-state index contributed by atoms with van der Waals surface area (Å²) in [5.74, 6) is 0.754. The summed E-state index contributed by atoms with van der Waals surface area (Å²) in [5.41, 5.74) is 9.87. The maximum Gasteiger partial charge on any atom is 0.0804 e. The van der Waals surface area contributed by atoms with E-state index in [4.69, 9.17) is 10.5 Å². The van der Waals surface area contributed by atoms with Crippen LogP contribution in [0.3, 0.4) is 0 Å². The third-order valence-electron chi connectivity index (χ3n) is 4.52. The van der Waals surface area contributed by atoms with E-state index in [1.54, 1.807) is 0 Å². The molecule has 3 N–H and O–H groups in total. The summed E-state index contributed by atoms with van der Waals surface area (Å²) in [4.78, 5) is 4.59. The van der Waals surface area contributed by atoms with Crippen molar-refractivity contribution >= 4 is 22.3 Å². The van der Waals surface area contributed by atoms with E-state index < -0.39 is 0 Å². The Labute approximate surface area is 124 Å². The van der Waals surface area contributed by atoms with Crippen LogP contribution in [0.1, 0.15) is 25.0 Å². The van der Waals surface area contributed by atoms with Crippen LogP contribution in [0.4, 0.5) is 11.4 Å². The molecule has 110 valence electrons. The molecule has 0 radical (unpaired) electrons. The SMILES string of the molecule is Cc1cc(NC2CCOC2C2CC2)c2cc(N)ccc2n1. The number of benzene rings is 1. The molecule has 4 heteroatoms. The van der Waals surface area contributed by atoms with Crippen LogP contribution >= 0.6 is 0 Å². The highest BCUT2D eigenvalue weighted by molar-refractivity contribution is 5.93. The van der Waals surface area contributed by atoms with Gasteiger partial charge in [-0.25, -0.2) is 0 Å². The first-order chi connectivity index (χ1) is 10.2. The lowest BCUT2D eigenvalue weighted by Crippen LogP contribution is -2.31. The maximum atomic E-state index is 5.94. The van der Waals surface area contributed by atoms with Gasteiger partial charge in [0.15, 0.2) is 0 Å². The van der Waals surface area contributed by atoms with E-state index in [-0.39, 0.29) is 0 Å². The number of rotatable bonds is 3. The fraction of sp³-hybridized carbons (Fsp3) is 0.471. The van der Waals surface area contributed by atoms with Crippen molar-refractivity contribution in [3.8, 4) is 0 Å². The summed E-state index contributed by atoms with van der Waals surface area (Å²) in [5, 5.41) is 4.80. The smallest absolute Gasteiger partial charge is 0.0804 e. The van der Waals surface area contributed by atoms with Gasteiger partial charge in [0.2, 0.25) is 0 Å². The van der Waals surface area contributed by atoms with Gasteiger partial charge in [0.1, 0.15) is 0 Å². The molecule has 2 aromatic rings. The molecular weight excluding hydrogens is 262 g/mol. The predicted octanol–water partition coefficient (Wildman–Crippen LogP) is 3.10. The molecule has 1 saturated carbocycles. The van der Waals surface area contributed by atoms with Gasteiger partial charge < -0.3 is 15.8 Å². The number of anilines is 2. The number of hydrogen-bond acceptors (Lipinski definition) is 4. The standard InChI is InChI=1S/C17H21N3O/c1-10-8-16(13-9-12(18)4-5-14(13)19-10)20-15-6-7-21-17(15)11-2-3-11/h4-5,8-9,11,15,17H,2-3,6-7,18H2,1H3,(H,19,20). The van der Waals surface area contributed by atoms with Crippen LogP contribution in [0.5, 0.6) is 0 Å². The van der Waals surface area contributed by atoms with E-state index in [2.05, 4.69) is 16.4 Å². The average Bonchev–Trinajstić information content (AvgIpc) is 3.20. The molecule has 1 aliphatic heterocycles. The zero-order valence-electron chi connectivity index (χ0n) is 12.3. The van der Waals surface area contributed by atoms with Crippen LogP contribution in [0.15, 0.2) is 24.3 Å². The van der Waals surface area contributed by atoms with Gasteiger partial charge in [-0.05, 0) is 56.4 Å². The Morgan fingerprint density at radius 3 is 2.90 bits per heavy atom. The van der Waals surface area contributed by atoms with Gasteiger partial charge in [-0.3, -0.25) is 4.98 Å². The molecule has 1 saturated heterocycles. The lowest BCUT2D eigenvalue weighted by atomic mass is 10.0. The van der Waals surface area contributed by atoms with Gasteiger partial charge >= 0.3 is 0 Å². The molecule has 2 fully saturated rings. The number of nitrogens with two attached hydrogens (primary N) is 1. The molecule has 0 amide bonds. The van der Waals surface area contributed by atoms with Gasteiger partial charge in [-0.15, -0.1) is 0 Å². The summed E-state index contributed by atoms with van der Waals surface area (Å²) < 4.78 is 5.92. The van der Waals surface area contributed by atoms with E-state index in [1.807, 2.05) is 25.1 Å². The number of fused-ring (bicyclic) bond motifs is 1. The van der Waals surface area contributed by atoms with E-state index in [1.165, 1.54) is 12.8 Å². The number of hydrogen-bond donors (Lipinski definition) is 2. The minimum absolute atomic E-state index is 0.370. The van der Waals surface area contributed by atoms with Crippen LogP contribution in [-0.4, -0.2) is 23.7 Å². The third kappa shape index (κ3) is 2.44. The molecule has 0 spiro atoms. The quantitative estimate of drug-likeness (QED) is 0.850. The van der Waals surface area contributed by atoms with Gasteiger partial charge in [0.05, 0.1) is 17.7 Å². The first kappa shape index (κ1) is 12.9. The summed E-state index contributed by atoms with van der Waals surface area (Å²) in [7, 11) is 0. The summed E-state index contributed by atoms with van der Waals surface area (Å²) >= 11 is 0. The fourth-order valence-corrected chi connectivity index (χ4v) is 3.35. The minimum atomic E-state index is 0.370. The first-order valence-electron chi connectivity index (χ1n) is 7.76. The van der Waals surface area contributed by atoms with Gasteiger partial charge in [0, 0.05) is 29.1 Å². The van der Waals surface area contributed by atoms with Crippen LogP contribution in [0.25, 0.3) is 10.9 Å². The first-order valence-corrected chi connectivity index (χ1v) is 7.76. The highest BCUT2D eigenvalue weighted by Gasteiger charge is 2.40. The van der Waals surface area contributed by atoms with Crippen molar-refractivity contribution in [1.29, 1.82) is 0 Å². The number of nitrogens with one attached hydrogen (secondary N) is 1. The van der Waals surface area contributed by atoms with Gasteiger partial charge in [-0.2, -0.15) is 0 Å². The van der Waals surface area contributed by atoms with Crippen molar-refractivity contribution in [2.75, 3.05) is 17.7 Å². The van der Waals surface area contributed by atoms with Crippen molar-refractivity contribution in [2.45, 2.75) is 38.3 Å². The topological polar surface area (TPSA) is 60.2 Å². The molecule has 4 nitrogen and oxygen atoms in total. The van der Waals surface area contributed by atoms with E-state index >= 15 is 0 Å². The zero-order chi connectivity index (χ0) is 14.4. The number of ether oxygens (including phenoxy) is 1. The second-order valence-electron chi connectivity index (χ2n) is 6.30. The highest BCUT2D eigenvalue weighted by atomic mass is 16.5. The Balaban J connectivity index is 1.70. The number of aromatic nitrogens is 1. The molecule has 2 aliphatic rings. The average molecular weight is 283 g/mol. The van der Waals surface area contributed by atoms with Crippen LogP contribution in [0.2, 0.25) is 0 Å². The second kappa shape index (κ2) is 4.88. The molecule has 2 heterocycles. The lowest BCUT2D eigenvalue weighted by molar-refractivity contribution is 0.0899. The van der Waals surface area contributed by atoms with E-state index in [0.717, 1.165) is 46.9 Å². The minimum Gasteiger partial charge on any atom is -0.399 e. The van der Waals surface area contributed by atoms with Crippen molar-refractivity contribution in [3.05, 3.63) is 30.0 Å². The van der Waals surface area contributed by atoms with Gasteiger partial charge in [0.25, 0.3) is 0 Å². The fourth-order valence-electron chi connectivity index (χ4n) is 3.35. The number of pyridine rings is 1. The summed E-state index contributed by atoms with van der Waals surface area (Å²) in [6, 6.07) is 8.43. The maximum absolute atomic E-state index is 5.94. The monoisotopic (exact) mass is 283 g/mol. The molecule has 1 aromatic heterocycles. The second-order valence-corrected chi connectivity index (χ2v) is 6.30. The Morgan fingerprint density at radius 1 is 1.24 bits per heavy atom. The van der Waals surface area contributed by atoms with Crippen LogP contribution in [-0.2, 0) is 4.74 Å². The van der Waals surface area contributed by atoms with Crippen molar-refractivity contribution in [3.63, 3.8) is 0 Å². The number of nitrogens with zero attached hydrogens (tertiary/aromatic N) is 1. The highest BCUT2D eigenvalue weighted by Crippen LogP contribution is 2.40. The number of nitrogen functional groups attached to an aromatic ring is 1. The Morgan fingerprint density at radius 2 is 2.10 bits per heavy atom. The Bertz CT molecular complexity index is 681. The predicted molar refractivity (Wildman–Crippen MR) is 85.4 cm³/mol. The Kier molecular flexibility index (Phi) is 3.00. The molecular formula is C17H21N3O. The summed E-state index contributed by atoms with van der Waals surface area (Å²) in [6.45, 7) is 2.90.